The maximum Gasteiger partial charge on any atom is 0.181 e. The van der Waals surface area contributed by atoms with Crippen LogP contribution in [0.1, 0.15) is 35.9 Å². The van der Waals surface area contributed by atoms with Crippen molar-refractivity contribution in [3.8, 4) is 0 Å². The number of carbonyl (C=O) groups excluding carboxylic acids is 1. The Kier molecular flexibility index (Phi) is 1.71. The number of aryl methyl sites for hydroxylation is 2. The summed E-state index contributed by atoms with van der Waals surface area (Å²) >= 11 is 0. The van der Waals surface area contributed by atoms with Crippen LogP contribution in [-0.2, 0) is 13.0 Å². The number of Topliss-reactive ketones (excluding diaryl/α,β-unsaturated/α-hetero) is 1. The minimum atomic E-state index is 0.260. The molecule has 0 radical (unpaired) electrons. The zero-order valence-electron chi connectivity index (χ0n) is 7.21. The van der Waals surface area contributed by atoms with E-state index in [0.717, 1.165) is 30.8 Å². The van der Waals surface area contributed by atoms with Crippen molar-refractivity contribution in [1.82, 2.24) is 9.55 Å². The Morgan fingerprint density at radius 1 is 1.58 bits per heavy atom. The molecule has 0 N–H and O–H groups in total. The molecule has 0 spiro atoms. The van der Waals surface area contributed by atoms with Crippen molar-refractivity contribution in [2.75, 3.05) is 0 Å². The molecule has 0 fully saturated rings. The van der Waals surface area contributed by atoms with Crippen molar-refractivity contribution < 1.29 is 4.79 Å². The van der Waals surface area contributed by atoms with E-state index in [-0.39, 0.29) is 5.78 Å². The van der Waals surface area contributed by atoms with Crippen molar-refractivity contribution in [3.63, 3.8) is 0 Å². The lowest BCUT2D eigenvalue weighted by Gasteiger charge is -2.11. The summed E-state index contributed by atoms with van der Waals surface area (Å²) in [7, 11) is 0. The van der Waals surface area contributed by atoms with E-state index < -0.39 is 0 Å². The van der Waals surface area contributed by atoms with Gasteiger partial charge in [0, 0.05) is 13.0 Å². The number of nitrogens with zero attached hydrogens (tertiary/aromatic N) is 2. The Morgan fingerprint density at radius 3 is 3.17 bits per heavy atom. The van der Waals surface area contributed by atoms with Gasteiger partial charge in [-0.2, -0.15) is 0 Å². The number of imidazole rings is 1. The molecule has 1 aromatic rings. The fourth-order valence-electron chi connectivity index (χ4n) is 1.70. The van der Waals surface area contributed by atoms with Crippen LogP contribution in [0.3, 0.4) is 0 Å². The molecule has 0 bridgehead atoms. The molecule has 0 saturated carbocycles. The van der Waals surface area contributed by atoms with E-state index in [0.29, 0.717) is 6.42 Å². The quantitative estimate of drug-likeness (QED) is 0.629. The third-order valence-electron chi connectivity index (χ3n) is 2.34. The highest BCUT2D eigenvalue weighted by molar-refractivity contribution is 5.96. The number of hydrogen-bond donors (Lipinski definition) is 0. The second-order valence-corrected chi connectivity index (χ2v) is 3.10. The van der Waals surface area contributed by atoms with E-state index in [1.807, 2.05) is 11.5 Å². The Labute approximate surface area is 71.4 Å². The second kappa shape index (κ2) is 2.73. The molecule has 0 aromatic carbocycles. The number of ketones is 1. The van der Waals surface area contributed by atoms with Gasteiger partial charge in [-0.25, -0.2) is 4.98 Å². The van der Waals surface area contributed by atoms with Crippen LogP contribution in [0.2, 0.25) is 0 Å². The molecule has 0 amide bonds. The van der Waals surface area contributed by atoms with Gasteiger partial charge in [-0.3, -0.25) is 4.79 Å². The predicted octanol–water partition coefficient (Wildman–Crippen LogP) is 1.42. The summed E-state index contributed by atoms with van der Waals surface area (Å²) in [5.41, 5.74) is 1.84. The number of carbonyl (C=O) groups is 1. The van der Waals surface area contributed by atoms with Gasteiger partial charge in [-0.1, -0.05) is 0 Å². The topological polar surface area (TPSA) is 34.9 Å². The van der Waals surface area contributed by atoms with Crippen molar-refractivity contribution in [3.05, 3.63) is 17.7 Å². The van der Waals surface area contributed by atoms with Crippen LogP contribution in [0, 0.1) is 0 Å². The van der Waals surface area contributed by atoms with Crippen LogP contribution in [-0.4, -0.2) is 15.3 Å². The summed E-state index contributed by atoms with van der Waals surface area (Å²) in [4.78, 5) is 15.7. The number of rotatable bonds is 1. The highest BCUT2D eigenvalue weighted by Gasteiger charge is 2.21. The fraction of sp³-hybridized carbons (Fsp3) is 0.556. The first-order valence-corrected chi connectivity index (χ1v) is 4.40. The highest BCUT2D eigenvalue weighted by atomic mass is 16.1. The van der Waals surface area contributed by atoms with Crippen LogP contribution in [0.25, 0.3) is 0 Å². The smallest absolute Gasteiger partial charge is 0.181 e. The lowest BCUT2D eigenvalue weighted by Crippen LogP contribution is -2.14. The average Bonchev–Trinajstić information content (AvgIpc) is 2.49. The molecule has 12 heavy (non-hydrogen) atoms. The summed E-state index contributed by atoms with van der Waals surface area (Å²) in [6.07, 6.45) is 4.40. The third kappa shape index (κ3) is 0.967. The first kappa shape index (κ1) is 7.53. The Morgan fingerprint density at radius 2 is 2.42 bits per heavy atom. The third-order valence-corrected chi connectivity index (χ3v) is 2.34. The predicted molar refractivity (Wildman–Crippen MR) is 45.2 cm³/mol. The Bertz CT molecular complexity index is 301. The van der Waals surface area contributed by atoms with E-state index >= 15 is 0 Å². The minimum absolute atomic E-state index is 0.260. The van der Waals surface area contributed by atoms with Crippen LogP contribution < -0.4 is 0 Å². The molecular formula is C9H12N2O. The zero-order valence-corrected chi connectivity index (χ0v) is 7.21. The monoisotopic (exact) mass is 164 g/mol. The summed E-state index contributed by atoms with van der Waals surface area (Å²) in [6.45, 7) is 2.87. The number of aromatic nitrogens is 2. The molecule has 0 atom stereocenters. The summed E-state index contributed by atoms with van der Waals surface area (Å²) in [5, 5.41) is 0. The lowest BCUT2D eigenvalue weighted by atomic mass is 10.00. The molecule has 0 saturated heterocycles. The van der Waals surface area contributed by atoms with Gasteiger partial charge in [0.05, 0.1) is 12.0 Å². The van der Waals surface area contributed by atoms with Crippen LogP contribution >= 0.6 is 0 Å². The SMILES string of the molecule is CCn1cnc2c1C(=O)CCC2. The first-order valence-electron chi connectivity index (χ1n) is 4.40. The van der Waals surface area contributed by atoms with Crippen molar-refractivity contribution in [1.29, 1.82) is 0 Å². The van der Waals surface area contributed by atoms with Gasteiger partial charge < -0.3 is 4.57 Å². The fourth-order valence-corrected chi connectivity index (χ4v) is 1.70. The Balaban J connectivity index is 2.50. The van der Waals surface area contributed by atoms with Crippen molar-refractivity contribution in [2.24, 2.45) is 0 Å². The van der Waals surface area contributed by atoms with Gasteiger partial charge in [0.1, 0.15) is 5.69 Å². The van der Waals surface area contributed by atoms with Gasteiger partial charge in [-0.05, 0) is 19.8 Å². The lowest BCUT2D eigenvalue weighted by molar-refractivity contribution is 0.0963. The van der Waals surface area contributed by atoms with Gasteiger partial charge in [0.25, 0.3) is 0 Å². The van der Waals surface area contributed by atoms with Crippen molar-refractivity contribution in [2.45, 2.75) is 32.7 Å². The summed E-state index contributed by atoms with van der Waals surface area (Å²) in [5.74, 6) is 0.260. The average molecular weight is 164 g/mol. The molecule has 3 heteroatoms. The number of hydrogen-bond acceptors (Lipinski definition) is 2. The molecule has 2 rings (SSSR count). The Hall–Kier alpha value is -1.12. The second-order valence-electron chi connectivity index (χ2n) is 3.10. The van der Waals surface area contributed by atoms with Gasteiger partial charge >= 0.3 is 0 Å². The van der Waals surface area contributed by atoms with E-state index in [9.17, 15) is 4.79 Å². The van der Waals surface area contributed by atoms with Crippen molar-refractivity contribution >= 4 is 5.78 Å². The number of fused-ring (bicyclic) bond motifs is 1. The summed E-state index contributed by atoms with van der Waals surface area (Å²) < 4.78 is 1.94. The molecular weight excluding hydrogens is 152 g/mol. The molecule has 0 aliphatic heterocycles. The largest absolute Gasteiger partial charge is 0.328 e. The van der Waals surface area contributed by atoms with Crippen LogP contribution in [0.4, 0.5) is 0 Å². The van der Waals surface area contributed by atoms with E-state index in [1.165, 1.54) is 0 Å². The van der Waals surface area contributed by atoms with Crippen LogP contribution in [0.5, 0.6) is 0 Å². The molecule has 1 aliphatic carbocycles. The van der Waals surface area contributed by atoms with Crippen LogP contribution in [0.15, 0.2) is 6.33 Å². The highest BCUT2D eigenvalue weighted by Crippen LogP contribution is 2.19. The van der Waals surface area contributed by atoms with Gasteiger partial charge in [0.2, 0.25) is 0 Å². The van der Waals surface area contributed by atoms with E-state index in [2.05, 4.69) is 4.98 Å². The minimum Gasteiger partial charge on any atom is -0.328 e. The standard InChI is InChI=1S/C9H12N2O/c1-2-11-6-10-7-4-3-5-8(12)9(7)11/h6H,2-5H2,1H3. The van der Waals surface area contributed by atoms with Gasteiger partial charge in [0.15, 0.2) is 5.78 Å². The molecule has 3 nitrogen and oxygen atoms in total. The van der Waals surface area contributed by atoms with E-state index in [1.54, 1.807) is 6.33 Å². The molecule has 64 valence electrons. The molecule has 0 unspecified atom stereocenters. The normalized spacial score (nSPS) is 16.2. The maximum absolute atomic E-state index is 11.5. The van der Waals surface area contributed by atoms with Gasteiger partial charge in [-0.15, -0.1) is 0 Å². The molecule has 1 aromatic heterocycles. The zero-order chi connectivity index (χ0) is 8.55. The maximum atomic E-state index is 11.5. The van der Waals surface area contributed by atoms with E-state index in [4.69, 9.17) is 0 Å². The molecule has 1 aliphatic rings. The first-order chi connectivity index (χ1) is 5.83. The summed E-state index contributed by atoms with van der Waals surface area (Å²) in [6, 6.07) is 0. The molecule has 1 heterocycles.